The third kappa shape index (κ3) is 4.39. The van der Waals surface area contributed by atoms with Gasteiger partial charge in [-0.3, -0.25) is 9.78 Å². The van der Waals surface area contributed by atoms with E-state index in [0.29, 0.717) is 5.69 Å². The summed E-state index contributed by atoms with van der Waals surface area (Å²) in [7, 11) is -3.08. The number of nitrogens with zero attached hydrogens (tertiary/aromatic N) is 1. The Labute approximate surface area is 100 Å². The van der Waals surface area contributed by atoms with Gasteiger partial charge >= 0.3 is 0 Å². The molecule has 0 bridgehead atoms. The molecule has 1 amide bonds. The number of aromatic nitrogens is 1. The number of nitrogens with two attached hydrogens (primary N) is 1. The summed E-state index contributed by atoms with van der Waals surface area (Å²) in [4.78, 5) is 15.6. The first-order valence-electron chi connectivity index (χ1n) is 4.97. The number of carbonyl (C=O) groups excluding carboxylic acids is 1. The Bertz CT molecular complexity index is 526. The van der Waals surface area contributed by atoms with Crippen molar-refractivity contribution in [3.05, 3.63) is 23.5 Å². The van der Waals surface area contributed by atoms with E-state index in [-0.39, 0.29) is 17.9 Å². The smallest absolute Gasteiger partial charge is 0.254 e. The SMILES string of the molecule is Cc1cc(N)c(C(=O)NCCS(C)(=O)=O)cn1. The van der Waals surface area contributed by atoms with E-state index in [0.717, 1.165) is 11.9 Å². The topological polar surface area (TPSA) is 102 Å². The number of hydrogen-bond acceptors (Lipinski definition) is 5. The van der Waals surface area contributed by atoms with Crippen LogP contribution in [0.1, 0.15) is 16.1 Å². The average molecular weight is 257 g/mol. The van der Waals surface area contributed by atoms with E-state index in [4.69, 9.17) is 5.73 Å². The number of nitrogens with one attached hydrogen (secondary N) is 1. The van der Waals surface area contributed by atoms with Gasteiger partial charge in [-0.05, 0) is 13.0 Å². The minimum Gasteiger partial charge on any atom is -0.398 e. The highest BCUT2D eigenvalue weighted by atomic mass is 32.2. The summed E-state index contributed by atoms with van der Waals surface area (Å²) in [5, 5.41) is 2.48. The number of rotatable bonds is 4. The van der Waals surface area contributed by atoms with Crippen LogP contribution in [0.25, 0.3) is 0 Å². The molecule has 0 saturated heterocycles. The maximum absolute atomic E-state index is 11.6. The quantitative estimate of drug-likeness (QED) is 0.774. The molecule has 17 heavy (non-hydrogen) atoms. The lowest BCUT2D eigenvalue weighted by molar-refractivity contribution is 0.0956. The summed E-state index contributed by atoms with van der Waals surface area (Å²) in [6, 6.07) is 1.59. The van der Waals surface area contributed by atoms with E-state index in [2.05, 4.69) is 10.3 Å². The number of amides is 1. The predicted molar refractivity (Wildman–Crippen MR) is 65.4 cm³/mol. The molecule has 0 fully saturated rings. The fourth-order valence-corrected chi connectivity index (χ4v) is 1.69. The van der Waals surface area contributed by atoms with Crippen LogP contribution in [0.3, 0.4) is 0 Å². The Hall–Kier alpha value is -1.63. The molecule has 0 aliphatic rings. The maximum Gasteiger partial charge on any atom is 0.254 e. The van der Waals surface area contributed by atoms with Crippen molar-refractivity contribution >= 4 is 21.4 Å². The van der Waals surface area contributed by atoms with Gasteiger partial charge in [0, 0.05) is 30.4 Å². The van der Waals surface area contributed by atoms with E-state index in [1.54, 1.807) is 13.0 Å². The molecule has 1 aromatic heterocycles. The molecule has 0 aliphatic heterocycles. The lowest BCUT2D eigenvalue weighted by atomic mass is 10.2. The second-order valence-corrected chi connectivity index (χ2v) is 6.06. The number of pyridine rings is 1. The van der Waals surface area contributed by atoms with Crippen LogP contribution in [0.2, 0.25) is 0 Å². The third-order valence-electron chi connectivity index (χ3n) is 2.08. The van der Waals surface area contributed by atoms with Gasteiger partial charge in [-0.1, -0.05) is 0 Å². The van der Waals surface area contributed by atoms with Gasteiger partial charge < -0.3 is 11.1 Å². The van der Waals surface area contributed by atoms with E-state index in [1.807, 2.05) is 0 Å². The second-order valence-electron chi connectivity index (χ2n) is 3.80. The van der Waals surface area contributed by atoms with Gasteiger partial charge in [-0.2, -0.15) is 0 Å². The van der Waals surface area contributed by atoms with Crippen LogP contribution in [0.4, 0.5) is 5.69 Å². The van der Waals surface area contributed by atoms with E-state index >= 15 is 0 Å². The minimum atomic E-state index is -3.08. The summed E-state index contributed by atoms with van der Waals surface area (Å²) >= 11 is 0. The van der Waals surface area contributed by atoms with Crippen molar-refractivity contribution in [2.24, 2.45) is 0 Å². The Morgan fingerprint density at radius 1 is 1.53 bits per heavy atom. The zero-order valence-corrected chi connectivity index (χ0v) is 10.5. The van der Waals surface area contributed by atoms with Crippen molar-refractivity contribution in [3.63, 3.8) is 0 Å². The first-order chi connectivity index (χ1) is 7.79. The van der Waals surface area contributed by atoms with Crippen molar-refractivity contribution in [2.75, 3.05) is 24.3 Å². The highest BCUT2D eigenvalue weighted by molar-refractivity contribution is 7.90. The minimum absolute atomic E-state index is 0.0605. The van der Waals surface area contributed by atoms with Gasteiger partial charge in [0.15, 0.2) is 0 Å². The molecule has 1 rings (SSSR count). The van der Waals surface area contributed by atoms with Gasteiger partial charge in [0.25, 0.3) is 5.91 Å². The predicted octanol–water partition coefficient (Wildman–Crippen LogP) is -0.253. The molecule has 1 aromatic rings. The molecule has 0 atom stereocenters. The van der Waals surface area contributed by atoms with Crippen LogP contribution in [0.15, 0.2) is 12.3 Å². The number of anilines is 1. The zero-order valence-electron chi connectivity index (χ0n) is 9.73. The largest absolute Gasteiger partial charge is 0.398 e. The zero-order chi connectivity index (χ0) is 13.1. The van der Waals surface area contributed by atoms with Crippen molar-refractivity contribution in [1.29, 1.82) is 0 Å². The molecule has 6 nitrogen and oxygen atoms in total. The normalized spacial score (nSPS) is 11.2. The third-order valence-corrected chi connectivity index (χ3v) is 3.02. The Kier molecular flexibility index (Phi) is 4.06. The van der Waals surface area contributed by atoms with Crippen LogP contribution >= 0.6 is 0 Å². The lowest BCUT2D eigenvalue weighted by Crippen LogP contribution is -2.29. The molecule has 1 heterocycles. The van der Waals surface area contributed by atoms with Crippen molar-refractivity contribution in [1.82, 2.24) is 10.3 Å². The molecular weight excluding hydrogens is 242 g/mol. The van der Waals surface area contributed by atoms with Crippen molar-refractivity contribution < 1.29 is 13.2 Å². The number of aryl methyl sites for hydroxylation is 1. The van der Waals surface area contributed by atoms with Crippen molar-refractivity contribution in [2.45, 2.75) is 6.92 Å². The highest BCUT2D eigenvalue weighted by Gasteiger charge is 2.11. The van der Waals surface area contributed by atoms with Crippen molar-refractivity contribution in [3.8, 4) is 0 Å². The highest BCUT2D eigenvalue weighted by Crippen LogP contribution is 2.10. The molecule has 0 radical (unpaired) electrons. The fraction of sp³-hybridized carbons (Fsp3) is 0.400. The van der Waals surface area contributed by atoms with E-state index < -0.39 is 15.7 Å². The van der Waals surface area contributed by atoms with E-state index in [1.165, 1.54) is 6.20 Å². The second kappa shape index (κ2) is 5.13. The molecule has 3 N–H and O–H groups in total. The van der Waals surface area contributed by atoms with Gasteiger partial charge in [-0.25, -0.2) is 8.42 Å². The van der Waals surface area contributed by atoms with Crippen LogP contribution in [0, 0.1) is 6.92 Å². The van der Waals surface area contributed by atoms with Crippen LogP contribution in [0.5, 0.6) is 0 Å². The van der Waals surface area contributed by atoms with Gasteiger partial charge in [0.05, 0.1) is 11.3 Å². The Morgan fingerprint density at radius 3 is 2.71 bits per heavy atom. The van der Waals surface area contributed by atoms with Crippen LogP contribution in [-0.4, -0.2) is 37.9 Å². The fourth-order valence-electron chi connectivity index (χ4n) is 1.22. The average Bonchev–Trinajstić information content (AvgIpc) is 2.15. The Balaban J connectivity index is 2.65. The van der Waals surface area contributed by atoms with Crippen LogP contribution in [-0.2, 0) is 9.84 Å². The monoisotopic (exact) mass is 257 g/mol. The molecule has 0 unspecified atom stereocenters. The summed E-state index contributed by atoms with van der Waals surface area (Å²) < 4.78 is 21.7. The first-order valence-corrected chi connectivity index (χ1v) is 7.03. The summed E-state index contributed by atoms with van der Waals surface area (Å²) in [6.45, 7) is 1.83. The lowest BCUT2D eigenvalue weighted by Gasteiger charge is -2.07. The van der Waals surface area contributed by atoms with Gasteiger partial charge in [0.1, 0.15) is 9.84 Å². The molecule has 0 aromatic carbocycles. The first kappa shape index (κ1) is 13.4. The molecule has 0 spiro atoms. The molecule has 0 saturated carbocycles. The summed E-state index contributed by atoms with van der Waals surface area (Å²) in [5.41, 5.74) is 6.96. The number of nitrogen functional groups attached to an aromatic ring is 1. The molecule has 0 aliphatic carbocycles. The van der Waals surface area contributed by atoms with Crippen LogP contribution < -0.4 is 11.1 Å². The molecule has 7 heteroatoms. The number of hydrogen-bond donors (Lipinski definition) is 2. The van der Waals surface area contributed by atoms with Gasteiger partial charge in [-0.15, -0.1) is 0 Å². The summed E-state index contributed by atoms with van der Waals surface area (Å²) in [5.74, 6) is -0.517. The number of sulfone groups is 1. The van der Waals surface area contributed by atoms with Gasteiger partial charge in [0.2, 0.25) is 0 Å². The molecular formula is C10H15N3O3S. The van der Waals surface area contributed by atoms with E-state index in [9.17, 15) is 13.2 Å². The Morgan fingerprint density at radius 2 is 2.18 bits per heavy atom. The maximum atomic E-state index is 11.6. The number of carbonyl (C=O) groups is 1. The summed E-state index contributed by atoms with van der Waals surface area (Å²) in [6.07, 6.45) is 2.49. The standard InChI is InChI=1S/C10H15N3O3S/c1-7-5-9(11)8(6-13-7)10(14)12-3-4-17(2,15)16/h5-6H,3-4H2,1-2H3,(H2,11,13)(H,12,14). The molecule has 94 valence electrons.